The molecule has 2 aromatic carbocycles. The number of phenols is 2. The Kier molecular flexibility index (Phi) is 3.62. The van der Waals surface area contributed by atoms with Crippen LogP contribution in [-0.2, 0) is 0 Å². The summed E-state index contributed by atoms with van der Waals surface area (Å²) in [4.78, 5) is 4.43. The van der Waals surface area contributed by atoms with Gasteiger partial charge in [-0.2, -0.15) is 0 Å². The van der Waals surface area contributed by atoms with Gasteiger partial charge in [0.25, 0.3) is 0 Å². The number of rotatable bonds is 2. The number of hydrogen-bond donors (Lipinski definition) is 2. The van der Waals surface area contributed by atoms with Crippen molar-refractivity contribution in [2.75, 3.05) is 0 Å². The van der Waals surface area contributed by atoms with E-state index in [0.29, 0.717) is 5.52 Å². The van der Waals surface area contributed by atoms with E-state index in [0.717, 1.165) is 21.1 Å². The van der Waals surface area contributed by atoms with Crippen molar-refractivity contribution >= 4 is 39.0 Å². The maximum absolute atomic E-state index is 9.83. The predicted octanol–water partition coefficient (Wildman–Crippen LogP) is 4.58. The summed E-state index contributed by atoms with van der Waals surface area (Å²) in [5.41, 5.74) is 2.17. The highest BCUT2D eigenvalue weighted by atomic mass is 79.9. The molecule has 0 unspecified atom stereocenters. The Labute approximate surface area is 130 Å². The van der Waals surface area contributed by atoms with Crippen LogP contribution in [0.2, 0.25) is 0 Å². The molecule has 0 aliphatic heterocycles. The molecule has 0 aliphatic rings. The van der Waals surface area contributed by atoms with Gasteiger partial charge in [-0.15, -0.1) is 0 Å². The molecule has 2 N–H and O–H groups in total. The molecule has 3 aromatic rings. The zero-order chi connectivity index (χ0) is 14.8. The van der Waals surface area contributed by atoms with E-state index in [2.05, 4.69) is 20.9 Å². The van der Waals surface area contributed by atoms with Gasteiger partial charge < -0.3 is 10.2 Å². The number of halogens is 1. The third-order valence-electron chi connectivity index (χ3n) is 3.13. The molecule has 3 nitrogen and oxygen atoms in total. The minimum atomic E-state index is 0.168. The molecular weight excluding hydrogens is 330 g/mol. The summed E-state index contributed by atoms with van der Waals surface area (Å²) in [5, 5.41) is 20.2. The van der Waals surface area contributed by atoms with Crippen molar-refractivity contribution in [1.82, 2.24) is 4.98 Å². The predicted molar refractivity (Wildman–Crippen MR) is 88.1 cm³/mol. The average molecular weight is 342 g/mol. The van der Waals surface area contributed by atoms with E-state index >= 15 is 0 Å². The molecule has 0 fully saturated rings. The Morgan fingerprint density at radius 2 is 1.81 bits per heavy atom. The molecule has 0 saturated heterocycles. The lowest BCUT2D eigenvalue weighted by Crippen LogP contribution is -1.84. The largest absolute Gasteiger partial charge is 0.508 e. The molecule has 21 heavy (non-hydrogen) atoms. The Morgan fingerprint density at radius 3 is 2.67 bits per heavy atom. The number of nitrogens with zero attached hydrogens (tertiary/aromatic N) is 1. The number of aromatic nitrogens is 1. The Morgan fingerprint density at radius 1 is 0.952 bits per heavy atom. The van der Waals surface area contributed by atoms with E-state index in [1.807, 2.05) is 30.4 Å². The summed E-state index contributed by atoms with van der Waals surface area (Å²) in [6.45, 7) is 0. The number of pyridine rings is 1. The van der Waals surface area contributed by atoms with Crippen LogP contribution < -0.4 is 0 Å². The second kappa shape index (κ2) is 5.58. The minimum Gasteiger partial charge on any atom is -0.508 e. The van der Waals surface area contributed by atoms with Gasteiger partial charge in [0.2, 0.25) is 0 Å². The topological polar surface area (TPSA) is 53.4 Å². The van der Waals surface area contributed by atoms with Crippen molar-refractivity contribution in [3.8, 4) is 11.5 Å². The van der Waals surface area contributed by atoms with Gasteiger partial charge in [-0.1, -0.05) is 40.2 Å². The number of phenolic OH excluding ortho intramolecular Hbond substituents is 2. The molecule has 0 saturated carbocycles. The summed E-state index contributed by atoms with van der Waals surface area (Å²) in [6.07, 6.45) is 3.70. The molecule has 4 heteroatoms. The SMILES string of the molecule is Oc1ccc(Br)c(C=Cc2ccc3cccc(O)c3n2)c1. The zero-order valence-corrected chi connectivity index (χ0v) is 12.6. The molecule has 0 amide bonds. The van der Waals surface area contributed by atoms with Gasteiger partial charge >= 0.3 is 0 Å². The van der Waals surface area contributed by atoms with Crippen molar-refractivity contribution in [3.05, 3.63) is 64.3 Å². The fourth-order valence-electron chi connectivity index (χ4n) is 2.07. The number of benzene rings is 2. The number of hydrogen-bond acceptors (Lipinski definition) is 3. The number of aromatic hydroxyl groups is 2. The third kappa shape index (κ3) is 2.90. The van der Waals surface area contributed by atoms with Crippen LogP contribution in [0, 0.1) is 0 Å². The summed E-state index contributed by atoms with van der Waals surface area (Å²) < 4.78 is 0.889. The Hall–Kier alpha value is -2.33. The molecule has 104 valence electrons. The Bertz CT molecular complexity index is 843. The first-order valence-electron chi connectivity index (χ1n) is 6.39. The second-order valence-corrected chi connectivity index (χ2v) is 5.48. The van der Waals surface area contributed by atoms with Gasteiger partial charge in [-0.3, -0.25) is 0 Å². The number of para-hydroxylation sites is 1. The smallest absolute Gasteiger partial charge is 0.141 e. The van der Waals surface area contributed by atoms with Crippen LogP contribution in [0.5, 0.6) is 11.5 Å². The first-order chi connectivity index (χ1) is 10.1. The van der Waals surface area contributed by atoms with Gasteiger partial charge in [0, 0.05) is 9.86 Å². The minimum absolute atomic E-state index is 0.168. The summed E-state index contributed by atoms with van der Waals surface area (Å²) in [7, 11) is 0. The third-order valence-corrected chi connectivity index (χ3v) is 3.86. The fraction of sp³-hybridized carbons (Fsp3) is 0. The van der Waals surface area contributed by atoms with E-state index in [-0.39, 0.29) is 11.5 Å². The van der Waals surface area contributed by atoms with Crippen molar-refractivity contribution in [2.45, 2.75) is 0 Å². The maximum Gasteiger partial charge on any atom is 0.141 e. The molecule has 1 aromatic heterocycles. The van der Waals surface area contributed by atoms with Crippen LogP contribution in [0.4, 0.5) is 0 Å². The van der Waals surface area contributed by atoms with Crippen LogP contribution >= 0.6 is 15.9 Å². The van der Waals surface area contributed by atoms with Crippen LogP contribution in [0.15, 0.2) is 53.0 Å². The van der Waals surface area contributed by atoms with E-state index in [9.17, 15) is 10.2 Å². The first kappa shape index (κ1) is 13.6. The average Bonchev–Trinajstić information content (AvgIpc) is 2.49. The fourth-order valence-corrected chi connectivity index (χ4v) is 2.45. The molecule has 0 bridgehead atoms. The molecule has 0 radical (unpaired) electrons. The summed E-state index contributed by atoms with van der Waals surface area (Å²) >= 11 is 3.43. The highest BCUT2D eigenvalue weighted by Crippen LogP contribution is 2.25. The van der Waals surface area contributed by atoms with E-state index in [1.165, 1.54) is 0 Å². The highest BCUT2D eigenvalue weighted by Gasteiger charge is 2.02. The van der Waals surface area contributed by atoms with Crippen molar-refractivity contribution < 1.29 is 10.2 Å². The van der Waals surface area contributed by atoms with Crippen LogP contribution in [0.1, 0.15) is 11.3 Å². The first-order valence-corrected chi connectivity index (χ1v) is 7.18. The van der Waals surface area contributed by atoms with E-state index < -0.39 is 0 Å². The molecule has 1 heterocycles. The van der Waals surface area contributed by atoms with Crippen molar-refractivity contribution in [3.63, 3.8) is 0 Å². The molecule has 3 rings (SSSR count). The lowest BCUT2D eigenvalue weighted by molar-refractivity contribution is 0.475. The Balaban J connectivity index is 1.99. The quantitative estimate of drug-likeness (QED) is 0.717. The lowest BCUT2D eigenvalue weighted by Gasteiger charge is -2.02. The van der Waals surface area contributed by atoms with Crippen LogP contribution in [-0.4, -0.2) is 15.2 Å². The lowest BCUT2D eigenvalue weighted by atomic mass is 10.1. The van der Waals surface area contributed by atoms with E-state index in [4.69, 9.17) is 0 Å². The summed E-state index contributed by atoms with van der Waals surface area (Å²) in [6, 6.07) is 14.2. The van der Waals surface area contributed by atoms with Gasteiger partial charge in [0.05, 0.1) is 5.69 Å². The van der Waals surface area contributed by atoms with Crippen molar-refractivity contribution in [1.29, 1.82) is 0 Å². The molecule has 0 atom stereocenters. The summed E-state index contributed by atoms with van der Waals surface area (Å²) in [5.74, 6) is 0.378. The standard InChI is InChI=1S/C17H12BrNO2/c18-15-9-8-14(20)10-12(15)5-7-13-6-4-11-2-1-3-16(21)17(11)19-13/h1-10,20-21H. The monoisotopic (exact) mass is 341 g/mol. The van der Waals surface area contributed by atoms with Gasteiger partial charge in [-0.05, 0) is 42.0 Å². The second-order valence-electron chi connectivity index (χ2n) is 4.62. The van der Waals surface area contributed by atoms with Crippen LogP contribution in [0.25, 0.3) is 23.1 Å². The maximum atomic E-state index is 9.83. The molecule has 0 spiro atoms. The molecular formula is C17H12BrNO2. The number of fused-ring (bicyclic) bond motifs is 1. The van der Waals surface area contributed by atoms with Gasteiger partial charge in [-0.25, -0.2) is 4.98 Å². The highest BCUT2D eigenvalue weighted by molar-refractivity contribution is 9.10. The normalized spacial score (nSPS) is 11.3. The van der Waals surface area contributed by atoms with Gasteiger partial charge in [0.15, 0.2) is 0 Å². The molecule has 0 aliphatic carbocycles. The van der Waals surface area contributed by atoms with Gasteiger partial charge in [0.1, 0.15) is 17.0 Å². The van der Waals surface area contributed by atoms with Crippen LogP contribution in [0.3, 0.4) is 0 Å². The van der Waals surface area contributed by atoms with E-state index in [1.54, 1.807) is 30.3 Å². The van der Waals surface area contributed by atoms with Crippen molar-refractivity contribution in [2.24, 2.45) is 0 Å². The zero-order valence-electron chi connectivity index (χ0n) is 11.0.